The number of nitrogens with one attached hydrogen (secondary N) is 1. The average molecular weight is 542 g/mol. The van der Waals surface area contributed by atoms with Gasteiger partial charge in [-0.2, -0.15) is 0 Å². The highest BCUT2D eigenvalue weighted by Crippen LogP contribution is 2.78. The Morgan fingerprint density at radius 3 is 2.18 bits per heavy atom. The van der Waals surface area contributed by atoms with Gasteiger partial charge in [-0.15, -0.1) is 0 Å². The summed E-state index contributed by atoms with van der Waals surface area (Å²) in [5, 5.41) is 3.26. The molecule has 2 bridgehead atoms. The van der Waals surface area contributed by atoms with Crippen LogP contribution in [0.15, 0.2) is 0 Å². The van der Waals surface area contributed by atoms with E-state index in [0.29, 0.717) is 34.7 Å². The lowest BCUT2D eigenvalue weighted by atomic mass is 9.31. The van der Waals surface area contributed by atoms with Crippen molar-refractivity contribution >= 4 is 11.9 Å². The fraction of sp³-hybridized carbons (Fsp3) is 0.941. The smallest absolute Gasteiger partial charge is 0.302 e. The normalized spacial score (nSPS) is 52.9. The number of amides is 1. The fourth-order valence-corrected chi connectivity index (χ4v) is 12.9. The van der Waals surface area contributed by atoms with Crippen molar-refractivity contribution in [2.75, 3.05) is 6.61 Å². The van der Waals surface area contributed by atoms with Crippen molar-refractivity contribution in [1.29, 1.82) is 0 Å². The van der Waals surface area contributed by atoms with Gasteiger partial charge in [0.05, 0.1) is 18.8 Å². The van der Waals surface area contributed by atoms with Gasteiger partial charge >= 0.3 is 5.97 Å². The first kappa shape index (κ1) is 28.0. The van der Waals surface area contributed by atoms with Gasteiger partial charge in [0.15, 0.2) is 0 Å². The molecule has 5 heteroatoms. The zero-order chi connectivity index (χ0) is 28.4. The van der Waals surface area contributed by atoms with E-state index in [0.717, 1.165) is 18.9 Å². The van der Waals surface area contributed by atoms with Crippen molar-refractivity contribution in [2.45, 2.75) is 138 Å². The van der Waals surface area contributed by atoms with Crippen molar-refractivity contribution in [3.8, 4) is 0 Å². The summed E-state index contributed by atoms with van der Waals surface area (Å²) < 4.78 is 12.8. The molecule has 0 unspecified atom stereocenters. The van der Waals surface area contributed by atoms with Crippen molar-refractivity contribution < 1.29 is 19.1 Å². The Kier molecular flexibility index (Phi) is 6.09. The van der Waals surface area contributed by atoms with E-state index in [1.54, 1.807) is 6.92 Å². The summed E-state index contributed by atoms with van der Waals surface area (Å²) in [6.45, 7) is 21.5. The van der Waals surface area contributed by atoms with Gasteiger partial charge in [0.2, 0.25) is 5.91 Å². The molecule has 0 aromatic rings. The second-order valence-electron chi connectivity index (χ2n) is 17.1. The summed E-state index contributed by atoms with van der Waals surface area (Å²) in [5.41, 5.74) is 1.13. The van der Waals surface area contributed by atoms with E-state index >= 15 is 0 Å². The zero-order valence-corrected chi connectivity index (χ0v) is 26.2. The van der Waals surface area contributed by atoms with Gasteiger partial charge in [-0.25, -0.2) is 0 Å². The SMILES string of the molecule is CC(=O)N[C@@H]1C[C@]2(C)[C@H]3CC[C@@H]4[C@H]5[C@H]6OC[C@@]5(CCC6(C)C)CC[C@@]4(C)[C@]3(C)CC[C@H]2C(C)(C)[C@H]1OC(C)=O. The average Bonchev–Trinajstić information content (AvgIpc) is 3.15. The first-order chi connectivity index (χ1) is 18.0. The Balaban J connectivity index is 1.38. The predicted octanol–water partition coefficient (Wildman–Crippen LogP) is 6.92. The van der Waals surface area contributed by atoms with E-state index in [4.69, 9.17) is 9.47 Å². The van der Waals surface area contributed by atoms with E-state index in [9.17, 15) is 9.59 Å². The molecule has 1 heterocycles. The maximum absolute atomic E-state index is 12.4. The molecule has 6 fully saturated rings. The Morgan fingerprint density at radius 1 is 0.821 bits per heavy atom. The van der Waals surface area contributed by atoms with Gasteiger partial charge < -0.3 is 14.8 Å². The Labute approximate surface area is 237 Å². The quantitative estimate of drug-likeness (QED) is 0.385. The maximum Gasteiger partial charge on any atom is 0.302 e. The van der Waals surface area contributed by atoms with Gasteiger partial charge in [-0.3, -0.25) is 9.59 Å². The molecule has 11 atom stereocenters. The molecule has 6 rings (SSSR count). The van der Waals surface area contributed by atoms with Crippen LogP contribution in [-0.2, 0) is 19.1 Å². The first-order valence-corrected chi connectivity index (χ1v) is 16.1. The molecule has 5 aliphatic carbocycles. The Hall–Kier alpha value is -1.10. The Bertz CT molecular complexity index is 1050. The molecule has 1 aliphatic heterocycles. The minimum Gasteiger partial charge on any atom is -0.460 e. The molecule has 220 valence electrons. The van der Waals surface area contributed by atoms with Crippen LogP contribution in [0.25, 0.3) is 0 Å². The second-order valence-corrected chi connectivity index (χ2v) is 17.1. The van der Waals surface area contributed by atoms with Crippen molar-refractivity contribution in [2.24, 2.45) is 56.2 Å². The Morgan fingerprint density at radius 2 is 1.51 bits per heavy atom. The summed E-state index contributed by atoms with van der Waals surface area (Å²) in [7, 11) is 0. The van der Waals surface area contributed by atoms with Crippen LogP contribution in [0.3, 0.4) is 0 Å². The van der Waals surface area contributed by atoms with E-state index < -0.39 is 0 Å². The van der Waals surface area contributed by atoms with Crippen LogP contribution < -0.4 is 5.32 Å². The third-order valence-corrected chi connectivity index (χ3v) is 14.7. The summed E-state index contributed by atoms with van der Waals surface area (Å²) in [5.74, 6) is 2.22. The van der Waals surface area contributed by atoms with Crippen molar-refractivity contribution in [1.82, 2.24) is 5.32 Å². The van der Waals surface area contributed by atoms with Gasteiger partial charge in [0, 0.05) is 19.3 Å². The lowest BCUT2D eigenvalue weighted by molar-refractivity contribution is -0.258. The number of rotatable bonds is 2. The molecule has 5 nitrogen and oxygen atoms in total. The molecule has 0 spiro atoms. The number of carbonyl (C=O) groups is 2. The fourth-order valence-electron chi connectivity index (χ4n) is 12.9. The number of fused-ring (bicyclic) bond motifs is 5. The molecule has 5 saturated carbocycles. The zero-order valence-electron chi connectivity index (χ0n) is 26.2. The van der Waals surface area contributed by atoms with Crippen LogP contribution in [0, 0.1) is 56.2 Å². The molecule has 39 heavy (non-hydrogen) atoms. The summed E-state index contributed by atoms with van der Waals surface area (Å²) >= 11 is 0. The number of carbonyl (C=O) groups excluding carboxylic acids is 2. The van der Waals surface area contributed by atoms with Gasteiger partial charge in [-0.05, 0) is 109 Å². The highest BCUT2D eigenvalue weighted by molar-refractivity contribution is 5.73. The highest BCUT2D eigenvalue weighted by Gasteiger charge is 2.73. The first-order valence-electron chi connectivity index (χ1n) is 16.1. The number of esters is 1. The third-order valence-electron chi connectivity index (χ3n) is 14.7. The topological polar surface area (TPSA) is 64.6 Å². The molecular formula is C34H55NO4. The van der Waals surface area contributed by atoms with Gasteiger partial charge in [-0.1, -0.05) is 48.5 Å². The largest absolute Gasteiger partial charge is 0.460 e. The molecule has 1 amide bonds. The van der Waals surface area contributed by atoms with E-state index in [1.165, 1.54) is 58.3 Å². The van der Waals surface area contributed by atoms with Gasteiger partial charge in [0.25, 0.3) is 0 Å². The van der Waals surface area contributed by atoms with Crippen molar-refractivity contribution in [3.05, 3.63) is 0 Å². The van der Waals surface area contributed by atoms with Crippen LogP contribution >= 0.6 is 0 Å². The minimum absolute atomic E-state index is 0.0304. The molecule has 6 aliphatic rings. The van der Waals surface area contributed by atoms with Crippen molar-refractivity contribution in [3.63, 3.8) is 0 Å². The number of hydrogen-bond acceptors (Lipinski definition) is 4. The summed E-state index contributed by atoms with van der Waals surface area (Å²) in [6.07, 6.45) is 11.3. The van der Waals surface area contributed by atoms with E-state index in [2.05, 4.69) is 53.8 Å². The third kappa shape index (κ3) is 3.59. The number of hydrogen-bond donors (Lipinski definition) is 1. The van der Waals surface area contributed by atoms with Gasteiger partial charge in [0.1, 0.15) is 6.10 Å². The van der Waals surface area contributed by atoms with Crippen LogP contribution in [0.1, 0.15) is 120 Å². The lowest BCUT2D eigenvalue weighted by Crippen LogP contribution is -2.70. The predicted molar refractivity (Wildman–Crippen MR) is 153 cm³/mol. The highest BCUT2D eigenvalue weighted by atomic mass is 16.5. The molecule has 0 aromatic heterocycles. The lowest BCUT2D eigenvalue weighted by Gasteiger charge is -2.73. The van der Waals surface area contributed by atoms with Crippen LogP contribution in [0.2, 0.25) is 0 Å². The van der Waals surface area contributed by atoms with E-state index in [1.807, 2.05) is 0 Å². The number of ether oxygens (including phenoxy) is 2. The molecule has 0 radical (unpaired) electrons. The molecule has 0 aromatic carbocycles. The van der Waals surface area contributed by atoms with Crippen LogP contribution in [0.4, 0.5) is 0 Å². The summed E-state index contributed by atoms with van der Waals surface area (Å²) in [4.78, 5) is 24.6. The molecule has 1 saturated heterocycles. The van der Waals surface area contributed by atoms with Crippen LogP contribution in [-0.4, -0.2) is 36.7 Å². The molecule has 1 N–H and O–H groups in total. The molecular weight excluding hydrogens is 486 g/mol. The maximum atomic E-state index is 12.4. The minimum atomic E-state index is -0.292. The monoisotopic (exact) mass is 541 g/mol. The van der Waals surface area contributed by atoms with E-state index in [-0.39, 0.29) is 45.7 Å². The summed E-state index contributed by atoms with van der Waals surface area (Å²) in [6, 6.07) is -0.145. The van der Waals surface area contributed by atoms with Crippen LogP contribution in [0.5, 0.6) is 0 Å². The standard InChI is InChI=1S/C34H55NO4/c1-20(36)35-23-18-31(7)24(30(5,6)27(23)39-21(2)37)12-13-33(9)25(31)11-10-22-26-28-29(3,4)14-16-34(26,19-38-28)17-15-32(22,33)8/h22-28H,10-19H2,1-9H3,(H,35,36)/t22-,23-,24+,25-,26+,27+,28-,31+,32-,33-,34-/m1/s1. The second kappa shape index (κ2) is 8.48.